The van der Waals surface area contributed by atoms with E-state index in [2.05, 4.69) is 0 Å². The number of carboxylic acid groups (broad SMARTS) is 1. The molecule has 3 unspecified atom stereocenters. The predicted octanol–water partition coefficient (Wildman–Crippen LogP) is 1.28. The number of carbonyl (C=O) groups excluding carboxylic acids is 1. The first kappa shape index (κ1) is 19.6. The van der Waals surface area contributed by atoms with Gasteiger partial charge in [0.1, 0.15) is 5.75 Å². The third-order valence-electron chi connectivity index (χ3n) is 4.87. The Balaban J connectivity index is 1.82. The zero-order valence-electron chi connectivity index (χ0n) is 15.3. The van der Waals surface area contributed by atoms with Gasteiger partial charge in [0.15, 0.2) is 6.10 Å². The van der Waals surface area contributed by atoms with E-state index >= 15 is 0 Å². The van der Waals surface area contributed by atoms with Gasteiger partial charge in [-0.3, -0.25) is 4.79 Å². The maximum Gasteiger partial charge on any atom is 0.347 e. The number of rotatable bonds is 5. The largest absolute Gasteiger partial charge is 0.481 e. The maximum absolute atomic E-state index is 13.0. The van der Waals surface area contributed by atoms with E-state index in [1.807, 2.05) is 6.92 Å². The number of aliphatic carboxylic acids is 1. The fourth-order valence-electron chi connectivity index (χ4n) is 3.58. The Bertz CT molecular complexity index is 851. The van der Waals surface area contributed by atoms with Gasteiger partial charge < -0.3 is 14.6 Å². The van der Waals surface area contributed by atoms with Crippen molar-refractivity contribution >= 4 is 22.0 Å². The Hall–Kier alpha value is -2.13. The number of hydrogen-bond donors (Lipinski definition) is 1. The fourth-order valence-corrected chi connectivity index (χ4v) is 5.24. The zero-order valence-corrected chi connectivity index (χ0v) is 16.1. The topological polar surface area (TPSA) is 110 Å². The minimum atomic E-state index is -3.83. The minimum Gasteiger partial charge on any atom is -0.481 e. The summed E-state index contributed by atoms with van der Waals surface area (Å²) in [5.41, 5.74) is 0.619. The average molecular weight is 397 g/mol. The van der Waals surface area contributed by atoms with Crippen molar-refractivity contribution in [3.8, 4) is 5.75 Å². The molecule has 1 aromatic carbocycles. The van der Waals surface area contributed by atoms with Crippen molar-refractivity contribution in [3.05, 3.63) is 23.8 Å². The van der Waals surface area contributed by atoms with Gasteiger partial charge in [0.25, 0.3) is 0 Å². The zero-order chi connectivity index (χ0) is 19.8. The van der Waals surface area contributed by atoms with Crippen molar-refractivity contribution in [3.63, 3.8) is 0 Å². The van der Waals surface area contributed by atoms with E-state index in [1.165, 1.54) is 22.5 Å². The number of sulfonamides is 1. The molecule has 3 rings (SSSR count). The maximum atomic E-state index is 13.0. The summed E-state index contributed by atoms with van der Waals surface area (Å²) in [6.45, 7) is 4.03. The molecule has 0 saturated carbocycles. The highest BCUT2D eigenvalue weighted by Gasteiger charge is 2.37. The highest BCUT2D eigenvalue weighted by atomic mass is 32.2. The van der Waals surface area contributed by atoms with E-state index in [0.717, 1.165) is 0 Å². The lowest BCUT2D eigenvalue weighted by Gasteiger charge is -2.33. The lowest BCUT2D eigenvalue weighted by Crippen LogP contribution is -2.45. The molecule has 0 amide bonds. The Morgan fingerprint density at radius 3 is 2.74 bits per heavy atom. The molecule has 2 aliphatic rings. The number of nitrogens with zero attached hydrogens (tertiary/aromatic N) is 1. The van der Waals surface area contributed by atoms with Crippen molar-refractivity contribution in [2.45, 2.75) is 37.7 Å². The van der Waals surface area contributed by atoms with Gasteiger partial charge in [-0.15, -0.1) is 0 Å². The Labute approximate surface area is 158 Å². The van der Waals surface area contributed by atoms with Crippen LogP contribution in [-0.2, 0) is 30.8 Å². The second kappa shape index (κ2) is 7.47. The Morgan fingerprint density at radius 2 is 2.07 bits per heavy atom. The van der Waals surface area contributed by atoms with Crippen molar-refractivity contribution in [1.29, 1.82) is 0 Å². The van der Waals surface area contributed by atoms with Crippen molar-refractivity contribution in [1.82, 2.24) is 4.31 Å². The van der Waals surface area contributed by atoms with E-state index in [0.29, 0.717) is 17.7 Å². The number of hydrogen-bond acceptors (Lipinski definition) is 6. The van der Waals surface area contributed by atoms with Crippen LogP contribution in [0.25, 0.3) is 0 Å². The summed E-state index contributed by atoms with van der Waals surface area (Å²) in [4.78, 5) is 23.3. The smallest absolute Gasteiger partial charge is 0.347 e. The molecule has 8 nitrogen and oxygen atoms in total. The van der Waals surface area contributed by atoms with Gasteiger partial charge in [0, 0.05) is 19.5 Å². The normalized spacial score (nSPS) is 25.5. The first-order valence-electron chi connectivity index (χ1n) is 8.91. The van der Waals surface area contributed by atoms with Crippen LogP contribution in [0.15, 0.2) is 23.1 Å². The molecule has 0 radical (unpaired) electrons. The number of esters is 1. The lowest BCUT2D eigenvalue weighted by atomic mass is 9.92. The number of carbonyl (C=O) groups is 2. The van der Waals surface area contributed by atoms with Gasteiger partial charge in [-0.25, -0.2) is 13.2 Å². The molecule has 0 spiro atoms. The summed E-state index contributed by atoms with van der Waals surface area (Å²) in [5.74, 6) is -1.76. The van der Waals surface area contributed by atoms with Gasteiger partial charge in [-0.05, 0) is 43.0 Å². The molecule has 1 aromatic rings. The van der Waals surface area contributed by atoms with Crippen molar-refractivity contribution < 1.29 is 32.6 Å². The van der Waals surface area contributed by atoms with E-state index in [4.69, 9.17) is 9.47 Å². The van der Waals surface area contributed by atoms with Crippen molar-refractivity contribution in [2.75, 3.05) is 19.7 Å². The van der Waals surface area contributed by atoms with Gasteiger partial charge in [0.2, 0.25) is 10.0 Å². The average Bonchev–Trinajstić information content (AvgIpc) is 3.04. The predicted molar refractivity (Wildman–Crippen MR) is 94.9 cm³/mol. The molecule has 1 N–H and O–H groups in total. The van der Waals surface area contributed by atoms with Gasteiger partial charge >= 0.3 is 11.9 Å². The van der Waals surface area contributed by atoms with Crippen molar-refractivity contribution in [2.24, 2.45) is 11.8 Å². The van der Waals surface area contributed by atoms with Crippen LogP contribution in [-0.4, -0.2) is 55.6 Å². The number of piperidine rings is 1. The number of ether oxygens (including phenoxy) is 2. The van der Waals surface area contributed by atoms with Gasteiger partial charge in [-0.2, -0.15) is 4.31 Å². The SMILES string of the molecule is CCOC(=O)C1Cc2cc(S(=O)(=O)N3CC(C)CC(C(=O)O)C3)ccc2O1. The van der Waals surface area contributed by atoms with Crippen LogP contribution in [0.2, 0.25) is 0 Å². The fraction of sp³-hybridized carbons (Fsp3) is 0.556. The Kier molecular flexibility index (Phi) is 5.43. The third kappa shape index (κ3) is 3.93. The first-order chi connectivity index (χ1) is 12.7. The molecule has 2 aliphatic heterocycles. The van der Waals surface area contributed by atoms with Crippen LogP contribution in [0.3, 0.4) is 0 Å². The summed E-state index contributed by atoms with van der Waals surface area (Å²) in [5, 5.41) is 9.28. The molecule has 1 fully saturated rings. The summed E-state index contributed by atoms with van der Waals surface area (Å²) >= 11 is 0. The molecule has 9 heteroatoms. The second-order valence-electron chi connectivity index (χ2n) is 7.03. The molecular weight excluding hydrogens is 374 g/mol. The highest BCUT2D eigenvalue weighted by Crippen LogP contribution is 2.33. The Morgan fingerprint density at radius 1 is 1.33 bits per heavy atom. The van der Waals surface area contributed by atoms with Gasteiger partial charge in [0.05, 0.1) is 17.4 Å². The van der Waals surface area contributed by atoms with Crippen LogP contribution >= 0.6 is 0 Å². The van der Waals surface area contributed by atoms with Crippen LogP contribution in [0, 0.1) is 11.8 Å². The van der Waals surface area contributed by atoms with Crippen LogP contribution < -0.4 is 4.74 Å². The summed E-state index contributed by atoms with van der Waals surface area (Å²) in [7, 11) is -3.83. The molecule has 27 heavy (non-hydrogen) atoms. The number of fused-ring (bicyclic) bond motifs is 1. The van der Waals surface area contributed by atoms with Gasteiger partial charge in [-0.1, -0.05) is 6.92 Å². The first-order valence-corrected chi connectivity index (χ1v) is 10.4. The van der Waals surface area contributed by atoms with E-state index < -0.39 is 34.0 Å². The van der Waals surface area contributed by atoms with E-state index in [1.54, 1.807) is 6.92 Å². The molecule has 0 bridgehead atoms. The summed E-state index contributed by atoms with van der Waals surface area (Å²) in [6.07, 6.45) is -0.0731. The van der Waals surface area contributed by atoms with Crippen LogP contribution in [0.5, 0.6) is 5.75 Å². The third-order valence-corrected chi connectivity index (χ3v) is 6.70. The monoisotopic (exact) mass is 397 g/mol. The van der Waals surface area contributed by atoms with E-state index in [9.17, 15) is 23.1 Å². The van der Waals surface area contributed by atoms with Crippen LogP contribution in [0.1, 0.15) is 25.8 Å². The molecule has 1 saturated heterocycles. The molecular formula is C18H23NO7S. The minimum absolute atomic E-state index is 0.0406. The standard InChI is InChI=1S/C18H23NO7S/c1-3-25-18(22)16-8-12-7-14(4-5-15(12)26-16)27(23,24)19-9-11(2)6-13(10-19)17(20)21/h4-5,7,11,13,16H,3,6,8-10H2,1-2H3,(H,20,21). The molecule has 2 heterocycles. The quantitative estimate of drug-likeness (QED) is 0.745. The molecule has 0 aliphatic carbocycles. The highest BCUT2D eigenvalue weighted by molar-refractivity contribution is 7.89. The number of carboxylic acids is 1. The van der Waals surface area contributed by atoms with Crippen LogP contribution in [0.4, 0.5) is 0 Å². The van der Waals surface area contributed by atoms with E-state index in [-0.39, 0.29) is 36.9 Å². The number of benzene rings is 1. The molecule has 3 atom stereocenters. The summed E-state index contributed by atoms with van der Waals surface area (Å²) in [6, 6.07) is 4.46. The molecule has 148 valence electrons. The molecule has 0 aromatic heterocycles. The second-order valence-corrected chi connectivity index (χ2v) is 8.97. The summed E-state index contributed by atoms with van der Waals surface area (Å²) < 4.78 is 37.8. The lowest BCUT2D eigenvalue weighted by molar-refractivity contribution is -0.150.